The van der Waals surface area contributed by atoms with Crippen LogP contribution >= 0.6 is 11.3 Å². The third-order valence-electron chi connectivity index (χ3n) is 2.03. The first-order chi connectivity index (χ1) is 8.72. The number of amides is 1. The zero-order valence-electron chi connectivity index (χ0n) is 9.54. The van der Waals surface area contributed by atoms with Crippen molar-refractivity contribution in [3.05, 3.63) is 22.8 Å². The van der Waals surface area contributed by atoms with Crippen LogP contribution in [-0.2, 0) is 6.42 Å². The lowest BCUT2D eigenvalue weighted by Crippen LogP contribution is -2.15. The molecule has 0 atom stereocenters. The van der Waals surface area contributed by atoms with Crippen LogP contribution in [0.2, 0.25) is 0 Å². The molecule has 2 aromatic rings. The predicted molar refractivity (Wildman–Crippen MR) is 67.1 cm³/mol. The van der Waals surface area contributed by atoms with Crippen molar-refractivity contribution in [2.24, 2.45) is 5.84 Å². The number of aromatic nitrogens is 4. The van der Waals surface area contributed by atoms with Crippen molar-refractivity contribution in [1.29, 1.82) is 0 Å². The topological polar surface area (TPSA) is 119 Å². The van der Waals surface area contributed by atoms with E-state index in [9.17, 15) is 4.79 Å². The van der Waals surface area contributed by atoms with E-state index in [0.29, 0.717) is 10.9 Å². The Bertz CT molecular complexity index is 538. The van der Waals surface area contributed by atoms with Crippen LogP contribution in [0, 0.1) is 0 Å². The second kappa shape index (κ2) is 5.47. The van der Waals surface area contributed by atoms with Gasteiger partial charge in [-0.3, -0.25) is 10.1 Å². The van der Waals surface area contributed by atoms with Gasteiger partial charge in [-0.05, 0) is 18.6 Å². The van der Waals surface area contributed by atoms with Crippen molar-refractivity contribution in [1.82, 2.24) is 20.4 Å². The summed E-state index contributed by atoms with van der Waals surface area (Å²) in [6.07, 6.45) is 0.782. The highest BCUT2D eigenvalue weighted by Gasteiger charge is 2.11. The van der Waals surface area contributed by atoms with Gasteiger partial charge < -0.3 is 5.43 Å². The highest BCUT2D eigenvalue weighted by molar-refractivity contribution is 7.15. The van der Waals surface area contributed by atoms with Crippen LogP contribution in [0.1, 0.15) is 22.4 Å². The van der Waals surface area contributed by atoms with E-state index in [1.54, 1.807) is 6.07 Å². The second-order valence-corrected chi connectivity index (χ2v) is 4.32. The third kappa shape index (κ3) is 2.76. The maximum Gasteiger partial charge on any atom is 0.278 e. The lowest BCUT2D eigenvalue weighted by atomic mass is 10.3. The van der Waals surface area contributed by atoms with E-state index >= 15 is 0 Å². The van der Waals surface area contributed by atoms with E-state index < -0.39 is 0 Å². The number of anilines is 2. The third-order valence-corrected chi connectivity index (χ3v) is 3.02. The molecule has 8 nitrogen and oxygen atoms in total. The number of carbonyl (C=O) groups excluding carboxylic acids is 1. The first kappa shape index (κ1) is 12.3. The summed E-state index contributed by atoms with van der Waals surface area (Å²) in [7, 11) is 0. The van der Waals surface area contributed by atoms with E-state index in [1.807, 2.05) is 6.92 Å². The number of hydrogen-bond acceptors (Lipinski definition) is 8. The van der Waals surface area contributed by atoms with Gasteiger partial charge in [0.25, 0.3) is 5.91 Å². The lowest BCUT2D eigenvalue weighted by Gasteiger charge is -2.00. The van der Waals surface area contributed by atoms with Gasteiger partial charge in [0.15, 0.2) is 11.5 Å². The minimum absolute atomic E-state index is 0.183. The van der Waals surface area contributed by atoms with Gasteiger partial charge in [0.1, 0.15) is 5.01 Å². The van der Waals surface area contributed by atoms with E-state index in [0.717, 1.165) is 11.4 Å². The SMILES string of the molecule is CCc1nnc(NC(=O)c2ccc(NN)nn2)s1. The number of rotatable bonds is 4. The van der Waals surface area contributed by atoms with Gasteiger partial charge in [0, 0.05) is 0 Å². The van der Waals surface area contributed by atoms with Crippen molar-refractivity contribution >= 4 is 28.2 Å². The second-order valence-electron chi connectivity index (χ2n) is 3.26. The highest BCUT2D eigenvalue weighted by Crippen LogP contribution is 2.16. The average molecular weight is 265 g/mol. The zero-order chi connectivity index (χ0) is 13.0. The Morgan fingerprint density at radius 2 is 2.17 bits per heavy atom. The monoisotopic (exact) mass is 265 g/mol. The Morgan fingerprint density at radius 1 is 1.33 bits per heavy atom. The van der Waals surface area contributed by atoms with Crippen molar-refractivity contribution in [2.75, 3.05) is 10.7 Å². The van der Waals surface area contributed by atoms with Crippen LogP contribution in [0.4, 0.5) is 10.9 Å². The Hall–Kier alpha value is -2.13. The molecular weight excluding hydrogens is 254 g/mol. The molecule has 0 radical (unpaired) electrons. The molecule has 94 valence electrons. The molecule has 18 heavy (non-hydrogen) atoms. The summed E-state index contributed by atoms with van der Waals surface area (Å²) in [4.78, 5) is 11.8. The number of nitrogens with one attached hydrogen (secondary N) is 2. The normalized spacial score (nSPS) is 10.1. The summed E-state index contributed by atoms with van der Waals surface area (Å²) in [5.41, 5.74) is 2.51. The van der Waals surface area contributed by atoms with Crippen LogP contribution in [0.15, 0.2) is 12.1 Å². The molecule has 0 aliphatic heterocycles. The van der Waals surface area contributed by atoms with Crippen molar-refractivity contribution < 1.29 is 4.79 Å². The Balaban J connectivity index is 2.06. The molecule has 1 amide bonds. The summed E-state index contributed by atoms with van der Waals surface area (Å²) in [6, 6.07) is 3.07. The van der Waals surface area contributed by atoms with Crippen LogP contribution < -0.4 is 16.6 Å². The minimum atomic E-state index is -0.384. The molecule has 0 spiro atoms. The van der Waals surface area contributed by atoms with E-state index in [4.69, 9.17) is 5.84 Å². The first-order valence-electron chi connectivity index (χ1n) is 5.17. The van der Waals surface area contributed by atoms with Crippen molar-refractivity contribution in [3.63, 3.8) is 0 Å². The van der Waals surface area contributed by atoms with Gasteiger partial charge in [-0.2, -0.15) is 0 Å². The maximum atomic E-state index is 11.8. The molecule has 2 rings (SSSR count). The van der Waals surface area contributed by atoms with Crippen LogP contribution in [-0.4, -0.2) is 26.3 Å². The number of nitrogens with zero attached hydrogens (tertiary/aromatic N) is 4. The van der Waals surface area contributed by atoms with Crippen LogP contribution in [0.5, 0.6) is 0 Å². The van der Waals surface area contributed by atoms with E-state index in [-0.39, 0.29) is 11.6 Å². The van der Waals surface area contributed by atoms with E-state index in [2.05, 4.69) is 31.1 Å². The number of aryl methyl sites for hydroxylation is 1. The number of hydrogen-bond donors (Lipinski definition) is 3. The first-order valence-corrected chi connectivity index (χ1v) is 5.98. The highest BCUT2D eigenvalue weighted by atomic mass is 32.1. The summed E-state index contributed by atoms with van der Waals surface area (Å²) in [5, 5.41) is 19.1. The number of hydrazine groups is 1. The maximum absolute atomic E-state index is 11.8. The fraction of sp³-hybridized carbons (Fsp3) is 0.222. The molecule has 0 fully saturated rings. The summed E-state index contributed by atoms with van der Waals surface area (Å²) >= 11 is 1.33. The van der Waals surface area contributed by atoms with Crippen molar-refractivity contribution in [3.8, 4) is 0 Å². The zero-order valence-corrected chi connectivity index (χ0v) is 10.4. The quantitative estimate of drug-likeness (QED) is 0.541. The summed E-state index contributed by atoms with van der Waals surface area (Å²) < 4.78 is 0. The smallest absolute Gasteiger partial charge is 0.278 e. The van der Waals surface area contributed by atoms with Gasteiger partial charge >= 0.3 is 0 Å². The molecule has 2 aromatic heterocycles. The molecule has 0 saturated carbocycles. The Kier molecular flexibility index (Phi) is 3.75. The molecule has 4 N–H and O–H groups in total. The Morgan fingerprint density at radius 3 is 2.72 bits per heavy atom. The summed E-state index contributed by atoms with van der Waals surface area (Å²) in [5.74, 6) is 5.15. The molecule has 0 aliphatic carbocycles. The minimum Gasteiger partial charge on any atom is -0.307 e. The molecule has 0 saturated heterocycles. The largest absolute Gasteiger partial charge is 0.307 e. The number of nitrogens with two attached hydrogens (primary N) is 1. The van der Waals surface area contributed by atoms with Crippen LogP contribution in [0.25, 0.3) is 0 Å². The molecule has 0 aliphatic rings. The molecule has 9 heteroatoms. The van der Waals surface area contributed by atoms with Gasteiger partial charge in [-0.15, -0.1) is 20.4 Å². The lowest BCUT2D eigenvalue weighted by molar-refractivity contribution is 0.102. The molecule has 0 aromatic carbocycles. The summed E-state index contributed by atoms with van der Waals surface area (Å²) in [6.45, 7) is 1.97. The molecular formula is C9H11N7OS. The average Bonchev–Trinajstić information content (AvgIpc) is 2.86. The van der Waals surface area contributed by atoms with Crippen LogP contribution in [0.3, 0.4) is 0 Å². The molecule has 2 heterocycles. The number of carbonyl (C=O) groups is 1. The van der Waals surface area contributed by atoms with Gasteiger partial charge in [-0.25, -0.2) is 5.84 Å². The number of nitrogen functional groups attached to an aromatic ring is 1. The van der Waals surface area contributed by atoms with E-state index in [1.165, 1.54) is 17.4 Å². The van der Waals surface area contributed by atoms with Gasteiger partial charge in [-0.1, -0.05) is 18.3 Å². The Labute approximate surface area is 107 Å². The van der Waals surface area contributed by atoms with Crippen molar-refractivity contribution in [2.45, 2.75) is 13.3 Å². The fourth-order valence-corrected chi connectivity index (χ4v) is 1.81. The molecule has 0 unspecified atom stereocenters. The van der Waals surface area contributed by atoms with Gasteiger partial charge in [0.05, 0.1) is 0 Å². The van der Waals surface area contributed by atoms with Gasteiger partial charge in [0.2, 0.25) is 5.13 Å². The predicted octanol–water partition coefficient (Wildman–Crippen LogP) is 0.428. The molecule has 0 bridgehead atoms. The fourth-order valence-electron chi connectivity index (χ4n) is 1.14. The standard InChI is InChI=1S/C9H11N7OS/c1-2-7-15-16-9(18-7)11-8(17)5-3-4-6(12-10)14-13-5/h3-4H,2,10H2,1H3,(H,12,14)(H,11,16,17).